The lowest BCUT2D eigenvalue weighted by Crippen LogP contribution is -2.32. The van der Waals surface area contributed by atoms with Crippen LogP contribution in [0.4, 0.5) is 5.95 Å². The van der Waals surface area contributed by atoms with E-state index >= 15 is 0 Å². The molecule has 7 heteroatoms. The number of nitrogens with one attached hydrogen (secondary N) is 2. The highest BCUT2D eigenvalue weighted by Gasteiger charge is 2.21. The third-order valence-electron chi connectivity index (χ3n) is 7.15. The van der Waals surface area contributed by atoms with Gasteiger partial charge in [0, 0.05) is 38.0 Å². The Kier molecular flexibility index (Phi) is 12.4. The smallest absolute Gasteiger partial charge is 0.223 e. The Bertz CT molecular complexity index is 960. The zero-order chi connectivity index (χ0) is 26.3. The zero-order valence-electron chi connectivity index (χ0n) is 22.5. The van der Waals surface area contributed by atoms with E-state index in [-0.39, 0.29) is 18.4 Å². The lowest BCUT2D eigenvalue weighted by Gasteiger charge is -2.22. The van der Waals surface area contributed by atoms with Gasteiger partial charge in [-0.3, -0.25) is 4.79 Å². The van der Waals surface area contributed by atoms with Gasteiger partial charge in [0.15, 0.2) is 0 Å². The Labute approximate surface area is 222 Å². The molecule has 1 amide bonds. The van der Waals surface area contributed by atoms with Gasteiger partial charge in [0.1, 0.15) is 5.75 Å². The molecule has 0 fully saturated rings. The molecule has 2 unspecified atom stereocenters. The summed E-state index contributed by atoms with van der Waals surface area (Å²) in [6.07, 6.45) is 14.2. The first-order chi connectivity index (χ1) is 18.1. The number of anilines is 1. The molecule has 1 aliphatic rings. The number of aryl methyl sites for hydroxylation is 1. The van der Waals surface area contributed by atoms with Gasteiger partial charge in [-0.25, -0.2) is 9.97 Å². The van der Waals surface area contributed by atoms with Gasteiger partial charge in [-0.15, -0.1) is 0 Å². The van der Waals surface area contributed by atoms with Crippen molar-refractivity contribution in [1.29, 1.82) is 0 Å². The molecule has 1 aromatic carbocycles. The third kappa shape index (κ3) is 9.80. The number of nitrogens with zero attached hydrogens (tertiary/aromatic N) is 2. The number of rotatable bonds is 16. The van der Waals surface area contributed by atoms with Crippen LogP contribution in [0.15, 0.2) is 42.7 Å². The van der Waals surface area contributed by atoms with Gasteiger partial charge in [0.2, 0.25) is 11.9 Å². The van der Waals surface area contributed by atoms with Crippen LogP contribution in [0.3, 0.4) is 0 Å². The van der Waals surface area contributed by atoms with Gasteiger partial charge in [0.05, 0.1) is 6.61 Å². The van der Waals surface area contributed by atoms with E-state index in [4.69, 9.17) is 9.84 Å². The summed E-state index contributed by atoms with van der Waals surface area (Å²) < 4.78 is 6.10. The number of aliphatic hydroxyl groups is 1. The van der Waals surface area contributed by atoms with E-state index in [9.17, 15) is 4.79 Å². The molecule has 2 aromatic rings. The monoisotopic (exact) mass is 508 g/mol. The molecule has 2 atom stereocenters. The molecule has 0 aliphatic heterocycles. The molecule has 1 aromatic heterocycles. The minimum atomic E-state index is 0.0620. The number of hydrogen-bond donors (Lipinski definition) is 3. The molecule has 37 heavy (non-hydrogen) atoms. The number of benzene rings is 1. The van der Waals surface area contributed by atoms with E-state index in [1.807, 2.05) is 12.4 Å². The van der Waals surface area contributed by atoms with Crippen molar-refractivity contribution >= 4 is 17.4 Å². The fraction of sp³-hybridized carbons (Fsp3) is 0.567. The van der Waals surface area contributed by atoms with Crippen LogP contribution < -0.4 is 15.4 Å². The second kappa shape index (κ2) is 16.0. The summed E-state index contributed by atoms with van der Waals surface area (Å²) in [7, 11) is 0. The fourth-order valence-corrected chi connectivity index (χ4v) is 4.51. The van der Waals surface area contributed by atoms with Crippen molar-refractivity contribution in [3.63, 3.8) is 0 Å². The first kappa shape index (κ1) is 28.6. The number of amides is 1. The summed E-state index contributed by atoms with van der Waals surface area (Å²) in [5, 5.41) is 15.2. The molecule has 7 nitrogen and oxygen atoms in total. The lowest BCUT2D eigenvalue weighted by molar-refractivity contribution is -0.125. The standard InChI is InChI=1S/C30H44N4O3/c1-3-23(16-18-32-30-33-20-24(4-2)21-34-30)22-37-28-14-12-26(13-15-28)25-8-10-27(11-9-25)29(36)31-17-6-5-7-19-35/h8,12-15,20-21,23,27,35H,3-7,9-11,16-19,22H2,1-2H3,(H,31,36)(H,32,33,34). The minimum Gasteiger partial charge on any atom is -0.493 e. The number of unbranched alkanes of at least 4 members (excludes halogenated alkanes) is 2. The molecule has 202 valence electrons. The summed E-state index contributed by atoms with van der Waals surface area (Å²) in [6.45, 7) is 6.73. The lowest BCUT2D eigenvalue weighted by atomic mass is 9.86. The maximum absolute atomic E-state index is 12.4. The van der Waals surface area contributed by atoms with Crippen molar-refractivity contribution in [2.75, 3.05) is 31.6 Å². The average Bonchev–Trinajstić information content (AvgIpc) is 2.95. The number of ether oxygens (including phenoxy) is 1. The van der Waals surface area contributed by atoms with E-state index in [1.54, 1.807) is 0 Å². The van der Waals surface area contributed by atoms with Gasteiger partial charge >= 0.3 is 0 Å². The molecule has 3 rings (SSSR count). The van der Waals surface area contributed by atoms with Crippen molar-refractivity contribution in [2.24, 2.45) is 11.8 Å². The number of carbonyl (C=O) groups excluding carboxylic acids is 1. The molecular formula is C30H44N4O3. The van der Waals surface area contributed by atoms with Crippen molar-refractivity contribution in [3.8, 4) is 5.75 Å². The SMILES string of the molecule is CCc1cnc(NCCC(CC)COc2ccc(C3=CCC(C(=O)NCCCCCO)CC3)cc2)nc1. The summed E-state index contributed by atoms with van der Waals surface area (Å²) in [6, 6.07) is 8.36. The van der Waals surface area contributed by atoms with E-state index in [0.717, 1.165) is 75.6 Å². The van der Waals surface area contributed by atoms with Crippen molar-refractivity contribution in [2.45, 2.75) is 71.6 Å². The highest BCUT2D eigenvalue weighted by atomic mass is 16.5. The second-order valence-electron chi connectivity index (χ2n) is 9.87. The van der Waals surface area contributed by atoms with Crippen LogP contribution in [0.2, 0.25) is 0 Å². The molecular weight excluding hydrogens is 464 g/mol. The maximum atomic E-state index is 12.4. The molecule has 0 saturated heterocycles. The van der Waals surface area contributed by atoms with Crippen LogP contribution in [0.1, 0.15) is 76.3 Å². The average molecular weight is 509 g/mol. The quantitative estimate of drug-likeness (QED) is 0.263. The first-order valence-corrected chi connectivity index (χ1v) is 14.0. The molecule has 0 radical (unpaired) electrons. The van der Waals surface area contributed by atoms with E-state index < -0.39 is 0 Å². The zero-order valence-corrected chi connectivity index (χ0v) is 22.5. The summed E-state index contributed by atoms with van der Waals surface area (Å²) in [5.74, 6) is 2.25. The van der Waals surface area contributed by atoms with Crippen LogP contribution in [0.5, 0.6) is 5.75 Å². The van der Waals surface area contributed by atoms with Crippen LogP contribution in [0, 0.1) is 11.8 Å². The predicted octanol–water partition coefficient (Wildman–Crippen LogP) is 5.41. The number of aliphatic hydroxyl groups excluding tert-OH is 1. The highest BCUT2D eigenvalue weighted by Crippen LogP contribution is 2.31. The predicted molar refractivity (Wildman–Crippen MR) is 149 cm³/mol. The normalized spacial score (nSPS) is 16.1. The maximum Gasteiger partial charge on any atom is 0.223 e. The Morgan fingerprint density at radius 1 is 1.11 bits per heavy atom. The van der Waals surface area contributed by atoms with E-state index in [2.05, 4.69) is 64.8 Å². The Morgan fingerprint density at radius 3 is 2.54 bits per heavy atom. The van der Waals surface area contributed by atoms with Gasteiger partial charge < -0.3 is 20.5 Å². The topological polar surface area (TPSA) is 96.4 Å². The van der Waals surface area contributed by atoms with Crippen molar-refractivity contribution in [1.82, 2.24) is 15.3 Å². The van der Waals surface area contributed by atoms with Crippen LogP contribution in [-0.2, 0) is 11.2 Å². The van der Waals surface area contributed by atoms with Gasteiger partial charge in [-0.1, -0.05) is 32.1 Å². The molecule has 0 saturated carbocycles. The van der Waals surface area contributed by atoms with Crippen LogP contribution >= 0.6 is 0 Å². The van der Waals surface area contributed by atoms with Crippen molar-refractivity contribution < 1.29 is 14.6 Å². The van der Waals surface area contributed by atoms with Gasteiger partial charge in [-0.2, -0.15) is 0 Å². The fourth-order valence-electron chi connectivity index (χ4n) is 4.51. The second-order valence-corrected chi connectivity index (χ2v) is 9.87. The summed E-state index contributed by atoms with van der Waals surface area (Å²) >= 11 is 0. The highest BCUT2D eigenvalue weighted by molar-refractivity contribution is 5.80. The molecule has 1 aliphatic carbocycles. The van der Waals surface area contributed by atoms with Crippen molar-refractivity contribution in [3.05, 3.63) is 53.9 Å². The largest absolute Gasteiger partial charge is 0.493 e. The van der Waals surface area contributed by atoms with E-state index in [1.165, 1.54) is 11.1 Å². The van der Waals surface area contributed by atoms with Crippen LogP contribution in [0.25, 0.3) is 5.57 Å². The Hall–Kier alpha value is -2.93. The molecule has 1 heterocycles. The summed E-state index contributed by atoms with van der Waals surface area (Å²) in [4.78, 5) is 21.1. The Balaban J connectivity index is 1.38. The Morgan fingerprint density at radius 2 is 1.89 bits per heavy atom. The third-order valence-corrected chi connectivity index (χ3v) is 7.15. The number of aromatic nitrogens is 2. The molecule has 0 spiro atoms. The van der Waals surface area contributed by atoms with E-state index in [0.29, 0.717) is 25.0 Å². The minimum absolute atomic E-state index is 0.0620. The molecule has 3 N–H and O–H groups in total. The summed E-state index contributed by atoms with van der Waals surface area (Å²) in [5.41, 5.74) is 3.66. The number of hydrogen-bond acceptors (Lipinski definition) is 6. The van der Waals surface area contributed by atoms with Gasteiger partial charge in [0.25, 0.3) is 0 Å². The van der Waals surface area contributed by atoms with Gasteiger partial charge in [-0.05, 0) is 92.5 Å². The molecule has 0 bridgehead atoms. The number of allylic oxidation sites excluding steroid dienone is 2. The van der Waals surface area contributed by atoms with Crippen LogP contribution in [-0.4, -0.2) is 47.3 Å². The number of carbonyl (C=O) groups is 1. The first-order valence-electron chi connectivity index (χ1n) is 14.0.